The fourth-order valence-corrected chi connectivity index (χ4v) is 6.63. The van der Waals surface area contributed by atoms with E-state index in [0.717, 1.165) is 30.6 Å². The van der Waals surface area contributed by atoms with Gasteiger partial charge in [0.25, 0.3) is 10.0 Å². The summed E-state index contributed by atoms with van der Waals surface area (Å²) in [6, 6.07) is 9.01. The average molecular weight is 401 g/mol. The van der Waals surface area contributed by atoms with E-state index < -0.39 is 20.0 Å². The van der Waals surface area contributed by atoms with Crippen LogP contribution in [0.15, 0.2) is 50.9 Å². The summed E-state index contributed by atoms with van der Waals surface area (Å²) < 4.78 is 54.2. The zero-order chi connectivity index (χ0) is 18.1. The Hall–Kier alpha value is -1.42. The first-order valence-electron chi connectivity index (χ1n) is 7.99. The number of anilines is 1. The quantitative estimate of drug-likeness (QED) is 0.836. The minimum atomic E-state index is -3.64. The van der Waals surface area contributed by atoms with Gasteiger partial charge in [-0.15, -0.1) is 11.3 Å². The number of sulfonamides is 2. The van der Waals surface area contributed by atoms with Gasteiger partial charge in [0.05, 0.1) is 4.90 Å². The number of hydrogen-bond donors (Lipinski definition) is 1. The smallest absolute Gasteiger partial charge is 0.271 e. The molecule has 0 spiro atoms. The number of rotatable bonds is 5. The van der Waals surface area contributed by atoms with E-state index in [2.05, 4.69) is 4.72 Å². The molecule has 1 N–H and O–H groups in total. The van der Waals surface area contributed by atoms with Crippen LogP contribution in [0, 0.1) is 0 Å². The van der Waals surface area contributed by atoms with Gasteiger partial charge in [-0.25, -0.2) is 16.8 Å². The molecular formula is C16H20N2O4S3. The zero-order valence-electron chi connectivity index (χ0n) is 13.8. The molecule has 0 radical (unpaired) electrons. The van der Waals surface area contributed by atoms with Gasteiger partial charge in [0.2, 0.25) is 10.0 Å². The maximum Gasteiger partial charge on any atom is 0.271 e. The minimum absolute atomic E-state index is 0.0178. The molecule has 0 bridgehead atoms. The molecule has 1 saturated heterocycles. The summed E-state index contributed by atoms with van der Waals surface area (Å²) in [5.74, 6) is 0. The Labute approximate surface area is 152 Å². The largest absolute Gasteiger partial charge is 0.279 e. The van der Waals surface area contributed by atoms with Crippen LogP contribution >= 0.6 is 11.3 Å². The van der Waals surface area contributed by atoms with Crippen molar-refractivity contribution in [3.8, 4) is 0 Å². The molecule has 1 aliphatic heterocycles. The first-order valence-corrected chi connectivity index (χ1v) is 11.8. The second-order valence-electron chi connectivity index (χ2n) is 6.02. The van der Waals surface area contributed by atoms with E-state index in [1.807, 2.05) is 6.92 Å². The van der Waals surface area contributed by atoms with E-state index in [1.165, 1.54) is 34.6 Å². The molecule has 1 atom stereocenters. The van der Waals surface area contributed by atoms with Crippen LogP contribution in [-0.2, 0) is 20.0 Å². The van der Waals surface area contributed by atoms with Crippen LogP contribution in [-0.4, -0.2) is 33.7 Å². The Morgan fingerprint density at radius 3 is 2.40 bits per heavy atom. The number of nitrogens with zero attached hydrogens (tertiary/aromatic N) is 1. The summed E-state index contributed by atoms with van der Waals surface area (Å²) >= 11 is 1.12. The van der Waals surface area contributed by atoms with Gasteiger partial charge in [-0.05, 0) is 55.5 Å². The fourth-order valence-electron chi connectivity index (χ4n) is 2.88. The zero-order valence-corrected chi connectivity index (χ0v) is 16.2. The molecule has 1 fully saturated rings. The molecule has 136 valence electrons. The average Bonchev–Trinajstić information content (AvgIpc) is 3.11. The van der Waals surface area contributed by atoms with Crippen LogP contribution in [0.3, 0.4) is 0 Å². The van der Waals surface area contributed by atoms with Crippen molar-refractivity contribution in [1.29, 1.82) is 0 Å². The number of piperidine rings is 1. The van der Waals surface area contributed by atoms with Crippen LogP contribution in [0.2, 0.25) is 0 Å². The Morgan fingerprint density at radius 2 is 1.80 bits per heavy atom. The normalized spacial score (nSPS) is 19.6. The molecule has 2 heterocycles. The maximum absolute atomic E-state index is 12.8. The molecule has 3 rings (SSSR count). The third-order valence-electron chi connectivity index (χ3n) is 4.22. The van der Waals surface area contributed by atoms with Crippen molar-refractivity contribution >= 4 is 37.1 Å². The van der Waals surface area contributed by atoms with E-state index >= 15 is 0 Å². The third kappa shape index (κ3) is 3.89. The summed E-state index contributed by atoms with van der Waals surface area (Å²) in [7, 11) is -7.20. The van der Waals surface area contributed by atoms with Gasteiger partial charge in [-0.2, -0.15) is 4.31 Å². The van der Waals surface area contributed by atoms with Gasteiger partial charge in [0, 0.05) is 18.3 Å². The van der Waals surface area contributed by atoms with Crippen LogP contribution in [0.25, 0.3) is 0 Å². The van der Waals surface area contributed by atoms with Gasteiger partial charge in [0.1, 0.15) is 4.21 Å². The van der Waals surface area contributed by atoms with Gasteiger partial charge in [0.15, 0.2) is 0 Å². The highest BCUT2D eigenvalue weighted by Crippen LogP contribution is 2.26. The highest BCUT2D eigenvalue weighted by Gasteiger charge is 2.30. The molecule has 9 heteroatoms. The molecule has 1 aliphatic rings. The number of benzene rings is 1. The Bertz CT molecular complexity index is 920. The van der Waals surface area contributed by atoms with E-state index in [1.54, 1.807) is 11.4 Å². The summed E-state index contributed by atoms with van der Waals surface area (Å²) in [5, 5.41) is 1.68. The molecule has 0 unspecified atom stereocenters. The molecule has 0 amide bonds. The topological polar surface area (TPSA) is 83.6 Å². The lowest BCUT2D eigenvalue weighted by atomic mass is 10.1. The molecule has 0 aliphatic carbocycles. The van der Waals surface area contributed by atoms with Crippen molar-refractivity contribution in [2.75, 3.05) is 11.3 Å². The van der Waals surface area contributed by atoms with Gasteiger partial charge in [-0.3, -0.25) is 4.72 Å². The lowest BCUT2D eigenvalue weighted by Gasteiger charge is -2.32. The number of nitrogens with one attached hydrogen (secondary N) is 1. The van der Waals surface area contributed by atoms with Crippen molar-refractivity contribution in [3.63, 3.8) is 0 Å². The SMILES string of the molecule is C[C@H]1CCCCN1S(=O)(=O)c1ccc(NS(=O)(=O)c2cccs2)cc1. The van der Waals surface area contributed by atoms with Crippen molar-refractivity contribution < 1.29 is 16.8 Å². The second kappa shape index (κ2) is 7.06. The van der Waals surface area contributed by atoms with E-state index in [0.29, 0.717) is 12.2 Å². The molecule has 1 aromatic heterocycles. The molecule has 2 aromatic rings. The predicted molar refractivity (Wildman–Crippen MR) is 98.8 cm³/mol. The predicted octanol–water partition coefficient (Wildman–Crippen LogP) is 3.11. The van der Waals surface area contributed by atoms with Crippen LogP contribution in [0.4, 0.5) is 5.69 Å². The highest BCUT2D eigenvalue weighted by atomic mass is 32.2. The summed E-state index contributed by atoms with van der Waals surface area (Å²) in [6.45, 7) is 2.44. The molecule has 1 aromatic carbocycles. The van der Waals surface area contributed by atoms with E-state index in [-0.39, 0.29) is 15.1 Å². The standard InChI is InChI=1S/C16H20N2O4S3/c1-13-5-2-3-11-18(13)25(21,22)15-9-7-14(8-10-15)17-24(19,20)16-6-4-12-23-16/h4,6-10,12-13,17H,2-3,5,11H2,1H3/t13-/m0/s1. The highest BCUT2D eigenvalue weighted by molar-refractivity contribution is 7.94. The Morgan fingerprint density at radius 1 is 1.08 bits per heavy atom. The van der Waals surface area contributed by atoms with Crippen molar-refractivity contribution in [2.45, 2.75) is 41.3 Å². The van der Waals surface area contributed by atoms with Crippen molar-refractivity contribution in [2.24, 2.45) is 0 Å². The second-order valence-corrected chi connectivity index (χ2v) is 10.8. The Kier molecular flexibility index (Phi) is 5.19. The monoisotopic (exact) mass is 400 g/mol. The number of hydrogen-bond acceptors (Lipinski definition) is 5. The van der Waals surface area contributed by atoms with Crippen LogP contribution < -0.4 is 4.72 Å². The van der Waals surface area contributed by atoms with Crippen LogP contribution in [0.5, 0.6) is 0 Å². The van der Waals surface area contributed by atoms with Crippen molar-refractivity contribution in [1.82, 2.24) is 4.31 Å². The fraction of sp³-hybridized carbons (Fsp3) is 0.375. The van der Waals surface area contributed by atoms with E-state index in [4.69, 9.17) is 0 Å². The van der Waals surface area contributed by atoms with Crippen molar-refractivity contribution in [3.05, 3.63) is 41.8 Å². The lowest BCUT2D eigenvalue weighted by molar-refractivity contribution is 0.268. The van der Waals surface area contributed by atoms with Gasteiger partial charge < -0.3 is 0 Å². The minimum Gasteiger partial charge on any atom is -0.279 e. The third-order valence-corrected chi connectivity index (χ3v) is 9.02. The summed E-state index contributed by atoms with van der Waals surface area (Å²) in [5.41, 5.74) is 0.332. The first-order chi connectivity index (χ1) is 11.8. The van der Waals surface area contributed by atoms with Gasteiger partial charge >= 0.3 is 0 Å². The van der Waals surface area contributed by atoms with E-state index in [9.17, 15) is 16.8 Å². The first kappa shape index (κ1) is 18.4. The lowest BCUT2D eigenvalue weighted by Crippen LogP contribution is -2.41. The molecular weight excluding hydrogens is 380 g/mol. The molecule has 6 nitrogen and oxygen atoms in total. The van der Waals surface area contributed by atoms with Gasteiger partial charge in [-0.1, -0.05) is 12.5 Å². The Balaban J connectivity index is 1.80. The maximum atomic E-state index is 12.8. The van der Waals surface area contributed by atoms with Crippen LogP contribution in [0.1, 0.15) is 26.2 Å². The molecule has 0 saturated carbocycles. The number of thiophene rings is 1. The molecule has 25 heavy (non-hydrogen) atoms. The summed E-state index contributed by atoms with van der Waals surface area (Å²) in [4.78, 5) is 0.181. The summed E-state index contributed by atoms with van der Waals surface area (Å²) in [6.07, 6.45) is 2.76.